The lowest BCUT2D eigenvalue weighted by Crippen LogP contribution is -1.99. The standard InChI is InChI=1S/C16H9BClO3/c18-12-7-3-6-11-14-10-5-2-1-4-9(10)8-13(21-17-19)16(14)20-15(11)12/h1-8,19H. The molecule has 101 valence electrons. The van der Waals surface area contributed by atoms with Gasteiger partial charge in [-0.15, -0.1) is 0 Å². The Kier molecular flexibility index (Phi) is 2.81. The molecule has 4 rings (SSSR count). The molecule has 0 saturated heterocycles. The SMILES string of the molecule is O[B]Oc1cc2ccccc2c2c1oc1c(Cl)cccc12. The van der Waals surface area contributed by atoms with E-state index in [1.54, 1.807) is 6.07 Å². The van der Waals surface area contributed by atoms with Gasteiger partial charge < -0.3 is 14.1 Å². The van der Waals surface area contributed by atoms with Gasteiger partial charge in [0.15, 0.2) is 11.2 Å². The molecule has 1 aromatic heterocycles. The first-order valence-corrected chi connectivity index (χ1v) is 6.82. The van der Waals surface area contributed by atoms with Gasteiger partial charge in [-0.3, -0.25) is 0 Å². The zero-order valence-corrected chi connectivity index (χ0v) is 11.6. The molecular weight excluding hydrogens is 286 g/mol. The van der Waals surface area contributed by atoms with E-state index in [0.717, 1.165) is 21.5 Å². The van der Waals surface area contributed by atoms with Gasteiger partial charge in [0.1, 0.15) is 5.75 Å². The molecule has 0 saturated carbocycles. The summed E-state index contributed by atoms with van der Waals surface area (Å²) in [5.41, 5.74) is 1.19. The monoisotopic (exact) mass is 295 g/mol. The van der Waals surface area contributed by atoms with Crippen LogP contribution in [-0.4, -0.2) is 12.7 Å². The largest absolute Gasteiger partial charge is 0.569 e. The number of rotatable bonds is 2. The molecule has 0 aliphatic rings. The molecule has 0 spiro atoms. The number of fused-ring (bicyclic) bond motifs is 5. The lowest BCUT2D eigenvalue weighted by Gasteiger charge is -2.05. The Morgan fingerprint density at radius 3 is 2.67 bits per heavy atom. The molecule has 1 heterocycles. The fraction of sp³-hybridized carbons (Fsp3) is 0. The van der Waals surface area contributed by atoms with Gasteiger partial charge in [0.2, 0.25) is 0 Å². The van der Waals surface area contributed by atoms with Crippen LogP contribution in [0.1, 0.15) is 0 Å². The number of benzene rings is 3. The molecule has 0 aliphatic carbocycles. The summed E-state index contributed by atoms with van der Waals surface area (Å²) in [5.74, 6) is 0.457. The topological polar surface area (TPSA) is 42.6 Å². The van der Waals surface area contributed by atoms with Gasteiger partial charge in [-0.2, -0.15) is 0 Å². The van der Waals surface area contributed by atoms with E-state index in [1.165, 1.54) is 0 Å². The van der Waals surface area contributed by atoms with Gasteiger partial charge in [0.25, 0.3) is 0 Å². The van der Waals surface area contributed by atoms with Crippen LogP contribution in [0.3, 0.4) is 0 Å². The van der Waals surface area contributed by atoms with Gasteiger partial charge >= 0.3 is 7.69 Å². The maximum absolute atomic E-state index is 8.97. The highest BCUT2D eigenvalue weighted by Gasteiger charge is 2.17. The van der Waals surface area contributed by atoms with Gasteiger partial charge in [-0.05, 0) is 22.9 Å². The van der Waals surface area contributed by atoms with Gasteiger partial charge in [-0.25, -0.2) is 0 Å². The van der Waals surface area contributed by atoms with Gasteiger partial charge in [0.05, 0.1) is 5.02 Å². The predicted octanol–water partition coefficient (Wildman–Crippen LogP) is 4.30. The van der Waals surface area contributed by atoms with E-state index < -0.39 is 0 Å². The summed E-state index contributed by atoms with van der Waals surface area (Å²) in [5, 5.41) is 13.4. The Morgan fingerprint density at radius 2 is 1.81 bits per heavy atom. The highest BCUT2D eigenvalue weighted by Crippen LogP contribution is 2.41. The number of furan rings is 1. The molecule has 21 heavy (non-hydrogen) atoms. The predicted molar refractivity (Wildman–Crippen MR) is 84.8 cm³/mol. The third kappa shape index (κ3) is 1.80. The molecule has 3 aromatic carbocycles. The number of para-hydroxylation sites is 1. The first-order chi connectivity index (χ1) is 10.3. The Hall–Kier alpha value is -2.17. The van der Waals surface area contributed by atoms with Crippen LogP contribution in [0.4, 0.5) is 0 Å². The molecule has 0 aliphatic heterocycles. The van der Waals surface area contributed by atoms with Crippen LogP contribution in [-0.2, 0) is 0 Å². The average molecular weight is 296 g/mol. The van der Waals surface area contributed by atoms with Gasteiger partial charge in [0, 0.05) is 10.8 Å². The maximum Gasteiger partial charge on any atom is 0.569 e. The molecule has 0 atom stereocenters. The second-order valence-electron chi connectivity index (χ2n) is 4.74. The van der Waals surface area contributed by atoms with Crippen LogP contribution in [0.2, 0.25) is 5.02 Å². The van der Waals surface area contributed by atoms with E-state index in [4.69, 9.17) is 25.7 Å². The van der Waals surface area contributed by atoms with Crippen molar-refractivity contribution in [1.29, 1.82) is 0 Å². The minimum atomic E-state index is 0.457. The van der Waals surface area contributed by atoms with E-state index in [1.807, 2.05) is 42.5 Å². The van der Waals surface area contributed by atoms with Crippen LogP contribution in [0.25, 0.3) is 32.7 Å². The Balaban J connectivity index is 2.28. The summed E-state index contributed by atoms with van der Waals surface area (Å²) < 4.78 is 11.1. The van der Waals surface area contributed by atoms with E-state index >= 15 is 0 Å². The molecule has 3 nitrogen and oxygen atoms in total. The minimum absolute atomic E-state index is 0.457. The van der Waals surface area contributed by atoms with Crippen molar-refractivity contribution in [3.63, 3.8) is 0 Å². The van der Waals surface area contributed by atoms with E-state index in [0.29, 0.717) is 29.6 Å². The molecule has 4 aromatic rings. The average Bonchev–Trinajstić information content (AvgIpc) is 2.89. The van der Waals surface area contributed by atoms with E-state index in [9.17, 15) is 0 Å². The Bertz CT molecular complexity index is 977. The molecule has 1 N–H and O–H groups in total. The first kappa shape index (κ1) is 12.6. The molecule has 0 amide bonds. The van der Waals surface area contributed by atoms with E-state index in [2.05, 4.69) is 0 Å². The van der Waals surface area contributed by atoms with Crippen LogP contribution >= 0.6 is 11.6 Å². The van der Waals surface area contributed by atoms with Crippen molar-refractivity contribution in [2.24, 2.45) is 0 Å². The minimum Gasteiger partial charge on any atom is -0.535 e. The summed E-state index contributed by atoms with van der Waals surface area (Å²) in [6, 6.07) is 15.4. The zero-order valence-electron chi connectivity index (χ0n) is 10.8. The smallest absolute Gasteiger partial charge is 0.535 e. The third-order valence-corrected chi connectivity index (χ3v) is 3.89. The second kappa shape index (κ2) is 4.69. The van der Waals surface area contributed by atoms with Crippen molar-refractivity contribution in [3.8, 4) is 5.75 Å². The lowest BCUT2D eigenvalue weighted by atomic mass is 10.0. The molecule has 0 fully saturated rings. The number of hydrogen-bond acceptors (Lipinski definition) is 3. The summed E-state index contributed by atoms with van der Waals surface area (Å²) in [6.07, 6.45) is 0. The Morgan fingerprint density at radius 1 is 1.00 bits per heavy atom. The van der Waals surface area contributed by atoms with Crippen LogP contribution in [0.15, 0.2) is 52.9 Å². The Labute approximate surface area is 126 Å². The van der Waals surface area contributed by atoms with Crippen molar-refractivity contribution in [1.82, 2.24) is 0 Å². The van der Waals surface area contributed by atoms with E-state index in [-0.39, 0.29) is 0 Å². The zero-order chi connectivity index (χ0) is 14.4. The van der Waals surface area contributed by atoms with Crippen molar-refractivity contribution >= 4 is 52.0 Å². The molecule has 0 bridgehead atoms. The highest BCUT2D eigenvalue weighted by atomic mass is 35.5. The molecule has 1 radical (unpaired) electrons. The van der Waals surface area contributed by atoms with Crippen molar-refractivity contribution in [2.45, 2.75) is 0 Å². The van der Waals surface area contributed by atoms with Crippen molar-refractivity contribution < 1.29 is 14.1 Å². The summed E-state index contributed by atoms with van der Waals surface area (Å²) in [6.45, 7) is 0. The lowest BCUT2D eigenvalue weighted by molar-refractivity contribution is 0.451. The fourth-order valence-corrected chi connectivity index (χ4v) is 2.94. The van der Waals surface area contributed by atoms with Crippen LogP contribution < -0.4 is 4.65 Å². The third-order valence-electron chi connectivity index (χ3n) is 3.59. The van der Waals surface area contributed by atoms with Crippen molar-refractivity contribution in [2.75, 3.05) is 0 Å². The summed E-state index contributed by atoms with van der Waals surface area (Å²) in [7, 11) is 0.651. The quantitative estimate of drug-likeness (QED) is 0.561. The summed E-state index contributed by atoms with van der Waals surface area (Å²) in [4.78, 5) is 0. The van der Waals surface area contributed by atoms with Crippen LogP contribution in [0.5, 0.6) is 5.75 Å². The molecular formula is C16H9BClO3. The number of halogens is 1. The number of hydrogen-bond donors (Lipinski definition) is 1. The van der Waals surface area contributed by atoms with Crippen LogP contribution in [0, 0.1) is 0 Å². The summed E-state index contributed by atoms with van der Waals surface area (Å²) >= 11 is 6.22. The maximum atomic E-state index is 8.97. The molecule has 5 heteroatoms. The second-order valence-corrected chi connectivity index (χ2v) is 5.15. The van der Waals surface area contributed by atoms with Gasteiger partial charge in [-0.1, -0.05) is 48.0 Å². The normalized spacial score (nSPS) is 11.3. The first-order valence-electron chi connectivity index (χ1n) is 6.44. The van der Waals surface area contributed by atoms with Crippen molar-refractivity contribution in [3.05, 3.63) is 53.6 Å². The molecule has 0 unspecified atom stereocenters. The fourth-order valence-electron chi connectivity index (χ4n) is 2.73. The highest BCUT2D eigenvalue weighted by molar-refractivity contribution is 6.36.